The summed E-state index contributed by atoms with van der Waals surface area (Å²) >= 11 is 0. The van der Waals surface area contributed by atoms with Gasteiger partial charge in [-0.05, 0) is 35.9 Å². The van der Waals surface area contributed by atoms with Crippen LogP contribution in [-0.2, 0) is 15.6 Å². The first-order chi connectivity index (χ1) is 9.29. The second-order valence-electron chi connectivity index (χ2n) is 4.19. The van der Waals surface area contributed by atoms with Crippen molar-refractivity contribution in [2.24, 2.45) is 0 Å². The number of nitrogens with two attached hydrogens (primary N) is 1. The van der Waals surface area contributed by atoms with Crippen molar-refractivity contribution in [1.29, 1.82) is 0 Å². The van der Waals surface area contributed by atoms with Crippen LogP contribution in [0, 0.1) is 17.5 Å². The van der Waals surface area contributed by atoms with E-state index >= 15 is 0 Å². The highest BCUT2D eigenvalue weighted by Crippen LogP contribution is 2.21. The van der Waals surface area contributed by atoms with Gasteiger partial charge in [-0.25, -0.2) is 21.6 Å². The Labute approximate surface area is 113 Å². The molecule has 0 radical (unpaired) electrons. The molecule has 0 aliphatic heterocycles. The second-order valence-corrected chi connectivity index (χ2v) is 6.18. The van der Waals surface area contributed by atoms with Gasteiger partial charge in [0.2, 0.25) is 0 Å². The molecule has 0 aliphatic rings. The maximum absolute atomic E-state index is 13.3. The third-order valence-electron chi connectivity index (χ3n) is 2.67. The van der Waals surface area contributed by atoms with Gasteiger partial charge in [-0.2, -0.15) is 0 Å². The van der Waals surface area contributed by atoms with Crippen molar-refractivity contribution in [3.05, 3.63) is 59.4 Å². The summed E-state index contributed by atoms with van der Waals surface area (Å²) in [7, 11) is -3.87. The Morgan fingerprint density at radius 2 is 1.60 bits per heavy atom. The lowest BCUT2D eigenvalue weighted by Gasteiger charge is -2.06. The summed E-state index contributed by atoms with van der Waals surface area (Å²) in [6.07, 6.45) is 0. The van der Waals surface area contributed by atoms with Crippen molar-refractivity contribution in [3.63, 3.8) is 0 Å². The summed E-state index contributed by atoms with van der Waals surface area (Å²) < 4.78 is 63.1. The zero-order valence-electron chi connectivity index (χ0n) is 10.1. The van der Waals surface area contributed by atoms with Crippen LogP contribution in [0.5, 0.6) is 0 Å². The van der Waals surface area contributed by atoms with Gasteiger partial charge in [-0.1, -0.05) is 6.07 Å². The molecule has 0 saturated heterocycles. The molecule has 20 heavy (non-hydrogen) atoms. The van der Waals surface area contributed by atoms with E-state index in [9.17, 15) is 21.6 Å². The molecule has 2 aromatic carbocycles. The first-order valence-electron chi connectivity index (χ1n) is 5.51. The molecule has 2 rings (SSSR count). The van der Waals surface area contributed by atoms with Gasteiger partial charge in [0.15, 0.2) is 21.5 Å². The van der Waals surface area contributed by atoms with Crippen LogP contribution in [0.3, 0.4) is 0 Å². The van der Waals surface area contributed by atoms with Gasteiger partial charge in [0, 0.05) is 0 Å². The van der Waals surface area contributed by atoms with E-state index in [-0.39, 0.29) is 16.1 Å². The summed E-state index contributed by atoms with van der Waals surface area (Å²) in [6, 6.07) is 5.87. The van der Waals surface area contributed by atoms with Gasteiger partial charge in [0.1, 0.15) is 5.82 Å². The molecule has 2 N–H and O–H groups in total. The molecule has 0 spiro atoms. The molecule has 3 nitrogen and oxygen atoms in total. The average molecular weight is 301 g/mol. The zero-order valence-corrected chi connectivity index (χ0v) is 10.9. The molecule has 0 bridgehead atoms. The largest absolute Gasteiger partial charge is 0.396 e. The van der Waals surface area contributed by atoms with Crippen LogP contribution in [0.15, 0.2) is 41.3 Å². The molecule has 7 heteroatoms. The van der Waals surface area contributed by atoms with Gasteiger partial charge in [0.25, 0.3) is 0 Å². The molecular weight excluding hydrogens is 291 g/mol. The highest BCUT2D eigenvalue weighted by molar-refractivity contribution is 7.90. The fourth-order valence-electron chi connectivity index (χ4n) is 1.63. The fourth-order valence-corrected chi connectivity index (χ4v) is 2.98. The maximum atomic E-state index is 13.3. The van der Waals surface area contributed by atoms with Gasteiger partial charge < -0.3 is 5.73 Å². The second kappa shape index (κ2) is 5.16. The summed E-state index contributed by atoms with van der Waals surface area (Å²) in [4.78, 5) is -0.270. The van der Waals surface area contributed by atoms with E-state index in [1.54, 1.807) is 0 Å². The van der Waals surface area contributed by atoms with Gasteiger partial charge in [-0.15, -0.1) is 0 Å². The topological polar surface area (TPSA) is 60.2 Å². The minimum Gasteiger partial charge on any atom is -0.396 e. The highest BCUT2D eigenvalue weighted by atomic mass is 32.2. The van der Waals surface area contributed by atoms with Crippen molar-refractivity contribution < 1.29 is 21.6 Å². The number of nitrogen functional groups attached to an aromatic ring is 1. The molecular formula is C13H10F3NO2S. The van der Waals surface area contributed by atoms with Crippen LogP contribution in [0.1, 0.15) is 5.56 Å². The average Bonchev–Trinajstić information content (AvgIpc) is 2.37. The summed E-state index contributed by atoms with van der Waals surface area (Å²) in [5.74, 6) is -3.62. The van der Waals surface area contributed by atoms with Crippen molar-refractivity contribution in [2.45, 2.75) is 10.6 Å². The smallest absolute Gasteiger partial charge is 0.182 e. The number of hydrogen-bond acceptors (Lipinski definition) is 3. The molecule has 106 valence electrons. The predicted molar refractivity (Wildman–Crippen MR) is 68.1 cm³/mol. The lowest BCUT2D eigenvalue weighted by Crippen LogP contribution is -2.06. The van der Waals surface area contributed by atoms with Crippen molar-refractivity contribution in [1.82, 2.24) is 0 Å². The monoisotopic (exact) mass is 301 g/mol. The molecule has 0 heterocycles. The summed E-state index contributed by atoms with van der Waals surface area (Å²) in [5, 5.41) is 0. The van der Waals surface area contributed by atoms with E-state index in [1.807, 2.05) is 0 Å². The molecule has 0 atom stereocenters. The molecule has 0 amide bonds. The number of benzene rings is 2. The van der Waals surface area contributed by atoms with Crippen molar-refractivity contribution in [2.75, 3.05) is 5.73 Å². The van der Waals surface area contributed by atoms with Crippen LogP contribution in [0.4, 0.5) is 18.9 Å². The van der Waals surface area contributed by atoms with Crippen LogP contribution < -0.4 is 5.73 Å². The molecule has 0 saturated carbocycles. The first-order valence-corrected chi connectivity index (χ1v) is 7.16. The number of sulfone groups is 1. The number of anilines is 1. The van der Waals surface area contributed by atoms with Crippen LogP contribution in [0.2, 0.25) is 0 Å². The number of hydrogen-bond donors (Lipinski definition) is 1. The quantitative estimate of drug-likeness (QED) is 0.887. The van der Waals surface area contributed by atoms with Crippen LogP contribution >= 0.6 is 0 Å². The molecule has 0 fully saturated rings. The Balaban J connectivity index is 2.35. The van der Waals surface area contributed by atoms with E-state index in [1.165, 1.54) is 0 Å². The van der Waals surface area contributed by atoms with E-state index in [4.69, 9.17) is 5.73 Å². The minimum atomic E-state index is -3.87. The highest BCUT2D eigenvalue weighted by Gasteiger charge is 2.18. The standard InChI is InChI=1S/C13H10F3NO2S/c14-10-3-1-8(5-11(10)15)7-20(18,19)9-2-4-13(17)12(16)6-9/h1-6H,7,17H2. The van der Waals surface area contributed by atoms with E-state index in [2.05, 4.69) is 0 Å². The van der Waals surface area contributed by atoms with Crippen molar-refractivity contribution in [3.8, 4) is 0 Å². The summed E-state index contributed by atoms with van der Waals surface area (Å²) in [6.45, 7) is 0. The first kappa shape index (κ1) is 14.4. The number of halogens is 3. The maximum Gasteiger partial charge on any atom is 0.182 e. The number of rotatable bonds is 3. The van der Waals surface area contributed by atoms with E-state index < -0.39 is 33.0 Å². The SMILES string of the molecule is Nc1ccc(S(=O)(=O)Cc2ccc(F)c(F)c2)cc1F. The van der Waals surface area contributed by atoms with Gasteiger partial charge in [0.05, 0.1) is 16.3 Å². The third kappa shape index (κ3) is 2.93. The Kier molecular flexibility index (Phi) is 3.71. The third-order valence-corrected chi connectivity index (χ3v) is 4.36. The normalized spacial score (nSPS) is 11.6. The minimum absolute atomic E-state index is 0.0705. The van der Waals surface area contributed by atoms with E-state index in [0.717, 1.165) is 36.4 Å². The molecule has 0 aliphatic carbocycles. The van der Waals surface area contributed by atoms with Gasteiger partial charge in [-0.3, -0.25) is 0 Å². The van der Waals surface area contributed by atoms with Gasteiger partial charge >= 0.3 is 0 Å². The Morgan fingerprint density at radius 3 is 2.20 bits per heavy atom. The molecule has 0 aromatic heterocycles. The lowest BCUT2D eigenvalue weighted by atomic mass is 10.2. The zero-order chi connectivity index (χ0) is 14.9. The van der Waals surface area contributed by atoms with Crippen LogP contribution in [0.25, 0.3) is 0 Å². The lowest BCUT2D eigenvalue weighted by molar-refractivity contribution is 0.507. The van der Waals surface area contributed by atoms with Crippen LogP contribution in [-0.4, -0.2) is 8.42 Å². The Bertz CT molecular complexity index is 760. The van der Waals surface area contributed by atoms with Crippen molar-refractivity contribution >= 4 is 15.5 Å². The Morgan fingerprint density at radius 1 is 0.900 bits per heavy atom. The summed E-state index contributed by atoms with van der Waals surface area (Å²) in [5.41, 5.74) is 5.16. The fraction of sp³-hybridized carbons (Fsp3) is 0.0769. The molecule has 0 unspecified atom stereocenters. The van der Waals surface area contributed by atoms with E-state index in [0.29, 0.717) is 0 Å². The molecule has 2 aromatic rings. The Hall–Kier alpha value is -2.02. The predicted octanol–water partition coefficient (Wildman–Crippen LogP) is 2.66.